The number of hydrogen-bond donors (Lipinski definition) is 3. The molecular formula is C31H31F3N8O. The van der Waals surface area contributed by atoms with Crippen molar-refractivity contribution in [2.45, 2.75) is 46.0 Å². The van der Waals surface area contributed by atoms with Crippen LogP contribution in [0.5, 0.6) is 0 Å². The molecule has 12 heteroatoms. The van der Waals surface area contributed by atoms with Crippen molar-refractivity contribution in [2.24, 2.45) is 0 Å². The van der Waals surface area contributed by atoms with Crippen molar-refractivity contribution in [1.82, 2.24) is 30.2 Å². The van der Waals surface area contributed by atoms with E-state index in [1.165, 1.54) is 36.8 Å². The van der Waals surface area contributed by atoms with E-state index >= 15 is 0 Å². The number of alkyl halides is 3. The molecule has 0 bridgehead atoms. The number of aryl methyl sites for hydroxylation is 2. The molecule has 9 nitrogen and oxygen atoms in total. The third kappa shape index (κ3) is 6.90. The lowest BCUT2D eigenvalue weighted by Crippen LogP contribution is -2.56. The second-order valence-electron chi connectivity index (χ2n) is 11.2. The number of nitrogens with two attached hydrogens (primary N) is 1. The third-order valence-corrected chi connectivity index (χ3v) is 7.20. The molecule has 222 valence electrons. The highest BCUT2D eigenvalue weighted by Crippen LogP contribution is 2.35. The maximum Gasteiger partial charge on any atom is 0.416 e. The standard InChI is InChI=1S/C31H31F3N8O/c1-18-19(2)40-27-24(28(35)37-15-26(27)39-18)8-5-20-11-22(14-36-13-20)29(43)41-23-7-6-21(25(12-23)31(32,33)34)16-42-10-9-38-30(3,4)17-42/h6-7,11-15,38H,9-10,16-17H2,1-4H3,(H2,35,37)(H,41,43). The van der Waals surface area contributed by atoms with E-state index in [1.807, 2.05) is 32.6 Å². The molecule has 0 atom stereocenters. The molecule has 1 aromatic carbocycles. The quantitative estimate of drug-likeness (QED) is 0.299. The van der Waals surface area contributed by atoms with Crippen LogP contribution in [0.15, 0.2) is 42.9 Å². The van der Waals surface area contributed by atoms with E-state index in [-0.39, 0.29) is 34.7 Å². The first-order chi connectivity index (χ1) is 20.3. The lowest BCUT2D eigenvalue weighted by atomic mass is 10.00. The van der Waals surface area contributed by atoms with Gasteiger partial charge in [-0.05, 0) is 51.5 Å². The molecule has 43 heavy (non-hydrogen) atoms. The van der Waals surface area contributed by atoms with Crippen LogP contribution in [0.25, 0.3) is 11.0 Å². The summed E-state index contributed by atoms with van der Waals surface area (Å²) in [5, 5.41) is 5.92. The number of piperazine rings is 1. The molecule has 5 rings (SSSR count). The normalized spacial score (nSPS) is 15.1. The van der Waals surface area contributed by atoms with Crippen molar-refractivity contribution in [1.29, 1.82) is 0 Å². The first-order valence-corrected chi connectivity index (χ1v) is 13.6. The molecule has 1 saturated heterocycles. The summed E-state index contributed by atoms with van der Waals surface area (Å²) in [4.78, 5) is 32.3. The van der Waals surface area contributed by atoms with Gasteiger partial charge in [-0.25, -0.2) is 15.0 Å². The van der Waals surface area contributed by atoms with E-state index in [0.717, 1.165) is 17.5 Å². The van der Waals surface area contributed by atoms with E-state index in [0.29, 0.717) is 41.8 Å². The number of anilines is 2. The summed E-state index contributed by atoms with van der Waals surface area (Å²) in [6.07, 6.45) is -0.272. The average Bonchev–Trinajstić information content (AvgIpc) is 2.93. The van der Waals surface area contributed by atoms with E-state index in [9.17, 15) is 18.0 Å². The number of fused-ring (bicyclic) bond motifs is 1. The number of halogens is 3. The number of aromatic nitrogens is 4. The number of pyridine rings is 2. The molecule has 1 fully saturated rings. The zero-order valence-corrected chi connectivity index (χ0v) is 24.2. The number of rotatable bonds is 4. The molecular weight excluding hydrogens is 557 g/mol. The van der Waals surface area contributed by atoms with Crippen LogP contribution in [-0.2, 0) is 12.7 Å². The second-order valence-corrected chi connectivity index (χ2v) is 11.2. The fourth-order valence-corrected chi connectivity index (χ4v) is 4.98. The second kappa shape index (κ2) is 11.6. The molecule has 4 heterocycles. The number of carbonyl (C=O) groups is 1. The predicted molar refractivity (Wildman–Crippen MR) is 158 cm³/mol. The maximum absolute atomic E-state index is 14.0. The zero-order chi connectivity index (χ0) is 30.9. The number of nitrogen functional groups attached to an aromatic ring is 1. The van der Waals surface area contributed by atoms with Crippen LogP contribution in [0.4, 0.5) is 24.7 Å². The monoisotopic (exact) mass is 588 g/mol. The largest absolute Gasteiger partial charge is 0.416 e. The Labute approximate surface area is 247 Å². The number of hydrogen-bond acceptors (Lipinski definition) is 8. The SMILES string of the molecule is Cc1nc2cnc(N)c(C#Cc3cncc(C(=O)Nc4ccc(CN5CCNC(C)(C)C5)c(C(F)(F)F)c4)c3)c2nc1C. The molecule has 1 amide bonds. The van der Waals surface area contributed by atoms with Crippen LogP contribution in [-0.4, -0.2) is 55.9 Å². The van der Waals surface area contributed by atoms with Crippen LogP contribution in [0.1, 0.15) is 57.8 Å². The van der Waals surface area contributed by atoms with Gasteiger partial charge in [-0.1, -0.05) is 17.9 Å². The van der Waals surface area contributed by atoms with Gasteiger partial charge in [-0.3, -0.25) is 14.7 Å². The number of nitrogens with one attached hydrogen (secondary N) is 2. The Balaban J connectivity index is 1.37. The van der Waals surface area contributed by atoms with Crippen molar-refractivity contribution in [3.63, 3.8) is 0 Å². The Hall–Kier alpha value is -4.60. The number of carbonyl (C=O) groups excluding carboxylic acids is 1. The van der Waals surface area contributed by atoms with Crippen LogP contribution in [0.2, 0.25) is 0 Å². The molecule has 1 aliphatic rings. The Morgan fingerprint density at radius 1 is 1.12 bits per heavy atom. The van der Waals surface area contributed by atoms with Gasteiger partial charge in [-0.15, -0.1) is 0 Å². The van der Waals surface area contributed by atoms with E-state index in [2.05, 4.69) is 42.4 Å². The summed E-state index contributed by atoms with van der Waals surface area (Å²) in [5.41, 5.74) is 8.75. The van der Waals surface area contributed by atoms with Crippen molar-refractivity contribution >= 4 is 28.4 Å². The van der Waals surface area contributed by atoms with Gasteiger partial charge in [0.05, 0.1) is 34.3 Å². The van der Waals surface area contributed by atoms with Gasteiger partial charge in [0, 0.05) is 55.4 Å². The lowest BCUT2D eigenvalue weighted by molar-refractivity contribution is -0.138. The minimum Gasteiger partial charge on any atom is -0.383 e. The highest BCUT2D eigenvalue weighted by molar-refractivity contribution is 6.04. The summed E-state index contributed by atoms with van der Waals surface area (Å²) >= 11 is 0. The van der Waals surface area contributed by atoms with Crippen LogP contribution in [0, 0.1) is 25.7 Å². The Kier molecular flexibility index (Phi) is 8.05. The Bertz CT molecular complexity index is 1780. The average molecular weight is 589 g/mol. The Morgan fingerprint density at radius 3 is 2.63 bits per heavy atom. The maximum atomic E-state index is 14.0. The van der Waals surface area contributed by atoms with Crippen molar-refractivity contribution in [2.75, 3.05) is 30.7 Å². The van der Waals surface area contributed by atoms with Gasteiger partial charge in [0.15, 0.2) is 0 Å². The number of amides is 1. The summed E-state index contributed by atoms with van der Waals surface area (Å²) < 4.78 is 42.1. The van der Waals surface area contributed by atoms with Gasteiger partial charge in [0.2, 0.25) is 0 Å². The third-order valence-electron chi connectivity index (χ3n) is 7.20. The highest BCUT2D eigenvalue weighted by atomic mass is 19.4. The van der Waals surface area contributed by atoms with Gasteiger partial charge in [0.1, 0.15) is 16.9 Å². The van der Waals surface area contributed by atoms with Crippen LogP contribution in [0.3, 0.4) is 0 Å². The summed E-state index contributed by atoms with van der Waals surface area (Å²) in [6.45, 7) is 9.82. The fourth-order valence-electron chi connectivity index (χ4n) is 4.98. The van der Waals surface area contributed by atoms with Gasteiger partial charge < -0.3 is 16.4 Å². The van der Waals surface area contributed by atoms with Gasteiger partial charge in [0.25, 0.3) is 5.91 Å². The first-order valence-electron chi connectivity index (χ1n) is 13.6. The minimum absolute atomic E-state index is 0.0250. The molecule has 1 aliphatic heterocycles. The molecule has 0 radical (unpaired) electrons. The molecule has 0 spiro atoms. The zero-order valence-electron chi connectivity index (χ0n) is 24.2. The summed E-state index contributed by atoms with van der Waals surface area (Å²) in [7, 11) is 0. The summed E-state index contributed by atoms with van der Waals surface area (Å²) in [5.74, 6) is 5.45. The van der Waals surface area contributed by atoms with Crippen molar-refractivity contribution < 1.29 is 18.0 Å². The summed E-state index contributed by atoms with van der Waals surface area (Å²) in [6, 6.07) is 5.37. The van der Waals surface area contributed by atoms with E-state index in [1.54, 1.807) is 0 Å². The number of nitrogens with zero attached hydrogens (tertiary/aromatic N) is 5. The van der Waals surface area contributed by atoms with Crippen molar-refractivity contribution in [3.8, 4) is 11.8 Å². The Morgan fingerprint density at radius 2 is 1.88 bits per heavy atom. The molecule has 0 aliphatic carbocycles. The van der Waals surface area contributed by atoms with Gasteiger partial charge in [-0.2, -0.15) is 13.2 Å². The molecule has 4 aromatic rings. The molecule has 0 unspecified atom stereocenters. The molecule has 0 saturated carbocycles. The fraction of sp³-hybridized carbons (Fsp3) is 0.323. The highest BCUT2D eigenvalue weighted by Gasteiger charge is 2.35. The van der Waals surface area contributed by atoms with Gasteiger partial charge >= 0.3 is 6.18 Å². The lowest BCUT2D eigenvalue weighted by Gasteiger charge is -2.39. The number of benzene rings is 1. The topological polar surface area (TPSA) is 122 Å². The van der Waals surface area contributed by atoms with E-state index in [4.69, 9.17) is 5.73 Å². The van der Waals surface area contributed by atoms with E-state index < -0.39 is 17.6 Å². The molecule has 3 aromatic heterocycles. The smallest absolute Gasteiger partial charge is 0.383 e. The van der Waals surface area contributed by atoms with Crippen molar-refractivity contribution in [3.05, 3.63) is 82.1 Å². The first kappa shape index (κ1) is 29.9. The van der Waals surface area contributed by atoms with Crippen LogP contribution >= 0.6 is 0 Å². The minimum atomic E-state index is -4.59. The predicted octanol–water partition coefficient (Wildman–Crippen LogP) is 4.47. The molecule has 4 N–H and O–H groups in total. The van der Waals surface area contributed by atoms with Crippen LogP contribution < -0.4 is 16.4 Å².